The normalized spacial score (nSPS) is 11.9. The van der Waals surface area contributed by atoms with E-state index in [-0.39, 0.29) is 11.6 Å². The SMILES string of the molecule is Cc1cc(NC(=O)C(C)Sc2ccc(NC(=O)/C(=C/c3cccc(Cl)c3)NC(=O)c3ccccc3)cc2)no1. The van der Waals surface area contributed by atoms with Crippen LogP contribution in [0.4, 0.5) is 11.5 Å². The number of nitrogens with zero attached hydrogens (tertiary/aromatic N) is 1. The van der Waals surface area contributed by atoms with Crippen LogP contribution in [0.1, 0.15) is 28.6 Å². The van der Waals surface area contributed by atoms with Crippen LogP contribution in [0.5, 0.6) is 0 Å². The van der Waals surface area contributed by atoms with Crippen LogP contribution in [-0.4, -0.2) is 28.1 Å². The van der Waals surface area contributed by atoms with Crippen molar-refractivity contribution >= 4 is 58.7 Å². The van der Waals surface area contributed by atoms with E-state index in [1.807, 2.05) is 0 Å². The minimum atomic E-state index is -0.504. The molecule has 198 valence electrons. The Morgan fingerprint density at radius 2 is 1.69 bits per heavy atom. The Morgan fingerprint density at radius 3 is 2.36 bits per heavy atom. The van der Waals surface area contributed by atoms with Crippen molar-refractivity contribution in [3.05, 3.63) is 113 Å². The first kappa shape index (κ1) is 27.7. The van der Waals surface area contributed by atoms with Crippen LogP contribution < -0.4 is 16.0 Å². The maximum absolute atomic E-state index is 13.2. The van der Waals surface area contributed by atoms with Gasteiger partial charge in [-0.1, -0.05) is 47.1 Å². The van der Waals surface area contributed by atoms with Gasteiger partial charge in [0.05, 0.1) is 5.25 Å². The van der Waals surface area contributed by atoms with Crippen LogP contribution in [0.25, 0.3) is 6.08 Å². The molecular formula is C29H25ClN4O4S. The molecule has 0 fully saturated rings. The third-order valence-corrected chi connectivity index (χ3v) is 6.71. The molecule has 0 aliphatic heterocycles. The molecule has 1 heterocycles. The van der Waals surface area contributed by atoms with Gasteiger partial charge in [-0.2, -0.15) is 0 Å². The lowest BCUT2D eigenvalue weighted by molar-refractivity contribution is -0.115. The van der Waals surface area contributed by atoms with Gasteiger partial charge in [-0.25, -0.2) is 0 Å². The van der Waals surface area contributed by atoms with E-state index in [1.54, 1.807) is 105 Å². The highest BCUT2D eigenvalue weighted by molar-refractivity contribution is 8.00. The summed E-state index contributed by atoms with van der Waals surface area (Å²) in [6, 6.07) is 24.3. The molecule has 4 aromatic rings. The van der Waals surface area contributed by atoms with Crippen molar-refractivity contribution in [1.82, 2.24) is 10.5 Å². The van der Waals surface area contributed by atoms with Crippen LogP contribution >= 0.6 is 23.4 Å². The Morgan fingerprint density at radius 1 is 0.949 bits per heavy atom. The maximum atomic E-state index is 13.2. The van der Waals surface area contributed by atoms with Crippen LogP contribution in [0.3, 0.4) is 0 Å². The van der Waals surface area contributed by atoms with E-state index in [2.05, 4.69) is 21.1 Å². The Balaban J connectivity index is 1.43. The first-order valence-electron chi connectivity index (χ1n) is 11.9. The molecule has 10 heteroatoms. The van der Waals surface area contributed by atoms with Crippen LogP contribution in [0.2, 0.25) is 5.02 Å². The van der Waals surface area contributed by atoms with Gasteiger partial charge < -0.3 is 20.5 Å². The van der Waals surface area contributed by atoms with Gasteiger partial charge in [0.25, 0.3) is 11.8 Å². The van der Waals surface area contributed by atoms with Crippen molar-refractivity contribution in [2.24, 2.45) is 0 Å². The molecule has 3 amide bonds. The van der Waals surface area contributed by atoms with E-state index in [0.717, 1.165) is 4.90 Å². The number of halogens is 1. The molecule has 0 aliphatic carbocycles. The maximum Gasteiger partial charge on any atom is 0.272 e. The quantitative estimate of drug-likeness (QED) is 0.167. The van der Waals surface area contributed by atoms with Gasteiger partial charge in [0.1, 0.15) is 11.5 Å². The van der Waals surface area contributed by atoms with Crippen LogP contribution in [-0.2, 0) is 9.59 Å². The second-order valence-electron chi connectivity index (χ2n) is 8.48. The summed E-state index contributed by atoms with van der Waals surface area (Å²) in [5.74, 6) is -0.165. The van der Waals surface area contributed by atoms with Crippen molar-refractivity contribution in [3.8, 4) is 0 Å². The number of aromatic nitrogens is 1. The predicted octanol–water partition coefficient (Wildman–Crippen LogP) is 6.17. The van der Waals surface area contributed by atoms with E-state index in [0.29, 0.717) is 33.4 Å². The summed E-state index contributed by atoms with van der Waals surface area (Å²) >= 11 is 7.46. The summed E-state index contributed by atoms with van der Waals surface area (Å²) in [4.78, 5) is 39.3. The smallest absolute Gasteiger partial charge is 0.272 e. The molecule has 1 atom stereocenters. The topological polar surface area (TPSA) is 113 Å². The number of aryl methyl sites for hydroxylation is 1. The molecule has 0 bridgehead atoms. The standard InChI is InChI=1S/C29H25ClN4O4S/c1-18-15-26(34-38-18)33-27(35)19(2)39-24-13-11-23(12-14-24)31-29(37)25(17-20-7-6-10-22(30)16-20)32-28(36)21-8-4-3-5-9-21/h3-17,19H,1-2H3,(H,31,37)(H,32,36)(H,33,34,35)/b25-17-. The lowest BCUT2D eigenvalue weighted by atomic mass is 10.1. The second kappa shape index (κ2) is 12.9. The number of benzene rings is 3. The van der Waals surface area contributed by atoms with E-state index in [1.165, 1.54) is 11.8 Å². The molecule has 4 rings (SSSR count). The number of nitrogens with one attached hydrogen (secondary N) is 3. The van der Waals surface area contributed by atoms with Crippen LogP contribution in [0, 0.1) is 6.92 Å². The number of thioether (sulfide) groups is 1. The van der Waals surface area contributed by atoms with E-state index < -0.39 is 17.1 Å². The van der Waals surface area contributed by atoms with Crippen molar-refractivity contribution in [2.75, 3.05) is 10.6 Å². The molecule has 0 saturated heterocycles. The highest BCUT2D eigenvalue weighted by Crippen LogP contribution is 2.26. The largest absolute Gasteiger partial charge is 0.360 e. The zero-order chi connectivity index (χ0) is 27.8. The minimum Gasteiger partial charge on any atom is -0.360 e. The fourth-order valence-corrected chi connectivity index (χ4v) is 4.50. The van der Waals surface area contributed by atoms with Gasteiger partial charge in [0.15, 0.2) is 5.82 Å². The highest BCUT2D eigenvalue weighted by Gasteiger charge is 2.17. The third kappa shape index (κ3) is 8.07. The van der Waals surface area contributed by atoms with Gasteiger partial charge in [-0.15, -0.1) is 11.8 Å². The fourth-order valence-electron chi connectivity index (χ4n) is 3.43. The Labute approximate surface area is 234 Å². The van der Waals surface area contributed by atoms with Crippen molar-refractivity contribution in [3.63, 3.8) is 0 Å². The summed E-state index contributed by atoms with van der Waals surface area (Å²) in [6.07, 6.45) is 1.56. The number of carbonyl (C=O) groups is 3. The number of hydrogen-bond donors (Lipinski definition) is 3. The number of carbonyl (C=O) groups excluding carboxylic acids is 3. The molecule has 3 aromatic carbocycles. The van der Waals surface area contributed by atoms with Crippen molar-refractivity contribution < 1.29 is 18.9 Å². The summed E-state index contributed by atoms with van der Waals surface area (Å²) in [5, 5.41) is 12.1. The third-order valence-electron chi connectivity index (χ3n) is 5.36. The lowest BCUT2D eigenvalue weighted by Gasteiger charge is -2.13. The predicted molar refractivity (Wildman–Crippen MR) is 154 cm³/mol. The Kier molecular flexibility index (Phi) is 9.19. The van der Waals surface area contributed by atoms with Crippen molar-refractivity contribution in [1.29, 1.82) is 0 Å². The first-order chi connectivity index (χ1) is 18.8. The molecular weight excluding hydrogens is 536 g/mol. The van der Waals surface area contributed by atoms with Gasteiger partial charge in [0.2, 0.25) is 5.91 Å². The van der Waals surface area contributed by atoms with E-state index in [9.17, 15) is 14.4 Å². The van der Waals surface area contributed by atoms with Gasteiger partial charge in [-0.05, 0) is 74.0 Å². The van der Waals surface area contributed by atoms with E-state index >= 15 is 0 Å². The number of hydrogen-bond acceptors (Lipinski definition) is 6. The zero-order valence-corrected chi connectivity index (χ0v) is 22.7. The average Bonchev–Trinajstić information content (AvgIpc) is 3.34. The summed E-state index contributed by atoms with van der Waals surface area (Å²) in [5.41, 5.74) is 1.64. The molecule has 0 radical (unpaired) electrons. The van der Waals surface area contributed by atoms with Gasteiger partial charge in [0, 0.05) is 27.2 Å². The fraction of sp³-hybridized carbons (Fsp3) is 0.103. The first-order valence-corrected chi connectivity index (χ1v) is 13.2. The lowest BCUT2D eigenvalue weighted by Crippen LogP contribution is -2.30. The average molecular weight is 561 g/mol. The monoisotopic (exact) mass is 560 g/mol. The van der Waals surface area contributed by atoms with Gasteiger partial charge >= 0.3 is 0 Å². The van der Waals surface area contributed by atoms with Gasteiger partial charge in [-0.3, -0.25) is 14.4 Å². The van der Waals surface area contributed by atoms with Crippen molar-refractivity contribution in [2.45, 2.75) is 24.0 Å². The van der Waals surface area contributed by atoms with E-state index in [4.69, 9.17) is 16.1 Å². The molecule has 39 heavy (non-hydrogen) atoms. The molecule has 0 spiro atoms. The molecule has 3 N–H and O–H groups in total. The van der Waals surface area contributed by atoms with Crippen LogP contribution in [0.15, 0.2) is 100 Å². The highest BCUT2D eigenvalue weighted by atomic mass is 35.5. The Hall–Kier alpha value is -4.34. The molecule has 0 aliphatic rings. The zero-order valence-electron chi connectivity index (χ0n) is 21.1. The molecule has 1 aromatic heterocycles. The number of amides is 3. The summed E-state index contributed by atoms with van der Waals surface area (Å²) in [6.45, 7) is 3.53. The molecule has 1 unspecified atom stereocenters. The number of anilines is 2. The summed E-state index contributed by atoms with van der Waals surface area (Å²) < 4.78 is 4.97. The number of rotatable bonds is 9. The summed E-state index contributed by atoms with van der Waals surface area (Å²) in [7, 11) is 0. The molecule has 0 saturated carbocycles. The molecule has 8 nitrogen and oxygen atoms in total. The Bertz CT molecular complexity index is 1500. The second-order valence-corrected chi connectivity index (χ2v) is 10.3. The minimum absolute atomic E-state index is 0.0537.